The molecule has 0 amide bonds. The number of aromatic nitrogens is 2. The third-order valence-corrected chi connectivity index (χ3v) is 4.11. The zero-order valence-electron chi connectivity index (χ0n) is 16.7. The SMILES string of the molecule is CCCCCCOc1ccccc1C(=O)/C=N\Nc1nc(C(C)C)cc(=O)[nH]1. The first kappa shape index (κ1) is 21.3. The van der Waals surface area contributed by atoms with Crippen molar-refractivity contribution >= 4 is 17.9 Å². The number of anilines is 1. The van der Waals surface area contributed by atoms with E-state index in [4.69, 9.17) is 4.74 Å². The largest absolute Gasteiger partial charge is 0.493 e. The molecule has 2 rings (SSSR count). The summed E-state index contributed by atoms with van der Waals surface area (Å²) < 4.78 is 5.76. The zero-order chi connectivity index (χ0) is 20.4. The molecule has 0 aliphatic heterocycles. The Balaban J connectivity index is 2.00. The van der Waals surface area contributed by atoms with Gasteiger partial charge < -0.3 is 4.74 Å². The summed E-state index contributed by atoms with van der Waals surface area (Å²) in [5, 5.41) is 3.91. The van der Waals surface area contributed by atoms with Crippen LogP contribution >= 0.6 is 0 Å². The number of nitrogens with zero attached hydrogens (tertiary/aromatic N) is 2. The van der Waals surface area contributed by atoms with Crippen molar-refractivity contribution < 1.29 is 9.53 Å². The number of unbranched alkanes of at least 4 members (excludes halogenated alkanes) is 3. The van der Waals surface area contributed by atoms with Gasteiger partial charge in [-0.25, -0.2) is 10.4 Å². The summed E-state index contributed by atoms with van der Waals surface area (Å²) in [6, 6.07) is 8.54. The lowest BCUT2D eigenvalue weighted by atomic mass is 10.1. The molecular weight excluding hydrogens is 356 g/mol. The van der Waals surface area contributed by atoms with Gasteiger partial charge in [0.2, 0.25) is 11.7 Å². The minimum Gasteiger partial charge on any atom is -0.493 e. The van der Waals surface area contributed by atoms with Crippen LogP contribution in [0.15, 0.2) is 40.2 Å². The summed E-state index contributed by atoms with van der Waals surface area (Å²) in [5.74, 6) is 0.554. The fourth-order valence-electron chi connectivity index (χ4n) is 2.55. The summed E-state index contributed by atoms with van der Waals surface area (Å²) in [4.78, 5) is 31.0. The Morgan fingerprint density at radius 2 is 2.07 bits per heavy atom. The van der Waals surface area contributed by atoms with E-state index in [0.29, 0.717) is 23.6 Å². The molecule has 0 spiro atoms. The third-order valence-electron chi connectivity index (χ3n) is 4.11. The molecule has 1 aromatic carbocycles. The molecule has 0 aliphatic carbocycles. The van der Waals surface area contributed by atoms with Crippen LogP contribution in [0.1, 0.15) is 68.4 Å². The molecule has 28 heavy (non-hydrogen) atoms. The number of rotatable bonds is 11. The minimum atomic E-state index is -0.293. The molecular formula is C21H28N4O3. The highest BCUT2D eigenvalue weighted by molar-refractivity contribution is 6.36. The molecule has 150 valence electrons. The number of ketones is 1. The molecule has 7 heteroatoms. The molecule has 1 heterocycles. The number of ether oxygens (including phenoxy) is 1. The Morgan fingerprint density at radius 1 is 1.29 bits per heavy atom. The Bertz CT molecular complexity index is 859. The number of hydrogen-bond acceptors (Lipinski definition) is 6. The third kappa shape index (κ3) is 6.64. The molecule has 0 fully saturated rings. The van der Waals surface area contributed by atoms with E-state index in [9.17, 15) is 9.59 Å². The van der Waals surface area contributed by atoms with Crippen molar-refractivity contribution in [1.82, 2.24) is 9.97 Å². The predicted molar refractivity (Wildman–Crippen MR) is 111 cm³/mol. The maximum absolute atomic E-state index is 12.5. The molecule has 0 saturated heterocycles. The van der Waals surface area contributed by atoms with Crippen LogP contribution in [-0.2, 0) is 0 Å². The van der Waals surface area contributed by atoms with E-state index in [1.54, 1.807) is 18.2 Å². The van der Waals surface area contributed by atoms with E-state index in [1.807, 2.05) is 19.9 Å². The fourth-order valence-corrected chi connectivity index (χ4v) is 2.55. The smallest absolute Gasteiger partial charge is 0.252 e. The number of Topliss-reactive ketones (excluding diaryl/α,β-unsaturated/α-hetero) is 1. The highest BCUT2D eigenvalue weighted by Crippen LogP contribution is 2.18. The van der Waals surface area contributed by atoms with Gasteiger partial charge in [0.15, 0.2) is 0 Å². The summed E-state index contributed by atoms with van der Waals surface area (Å²) in [6.07, 6.45) is 5.56. The van der Waals surface area contributed by atoms with Gasteiger partial charge >= 0.3 is 0 Å². The van der Waals surface area contributed by atoms with Gasteiger partial charge in [-0.15, -0.1) is 0 Å². The second-order valence-electron chi connectivity index (χ2n) is 6.81. The zero-order valence-corrected chi connectivity index (χ0v) is 16.7. The van der Waals surface area contributed by atoms with Crippen molar-refractivity contribution in [1.29, 1.82) is 0 Å². The summed E-state index contributed by atoms with van der Waals surface area (Å²) >= 11 is 0. The van der Waals surface area contributed by atoms with Crippen LogP contribution < -0.4 is 15.7 Å². The van der Waals surface area contributed by atoms with Crippen LogP contribution in [-0.4, -0.2) is 28.6 Å². The lowest BCUT2D eigenvalue weighted by Crippen LogP contribution is -2.13. The van der Waals surface area contributed by atoms with Gasteiger partial charge in [-0.3, -0.25) is 14.6 Å². The lowest BCUT2D eigenvalue weighted by molar-refractivity contribution is 0.106. The van der Waals surface area contributed by atoms with Crippen molar-refractivity contribution in [2.75, 3.05) is 12.0 Å². The molecule has 2 N–H and O–H groups in total. The predicted octanol–water partition coefficient (Wildman–Crippen LogP) is 4.13. The van der Waals surface area contributed by atoms with E-state index in [-0.39, 0.29) is 23.2 Å². The monoisotopic (exact) mass is 384 g/mol. The molecule has 0 unspecified atom stereocenters. The van der Waals surface area contributed by atoms with Crippen molar-refractivity contribution in [2.45, 2.75) is 52.4 Å². The topological polar surface area (TPSA) is 96.4 Å². The average Bonchev–Trinajstić information content (AvgIpc) is 2.67. The Hall–Kier alpha value is -2.96. The molecule has 1 aromatic heterocycles. The Kier molecular flexibility index (Phi) is 8.39. The van der Waals surface area contributed by atoms with Crippen LogP contribution in [0, 0.1) is 0 Å². The number of hydrogen-bond donors (Lipinski definition) is 2. The first-order chi connectivity index (χ1) is 13.5. The van der Waals surface area contributed by atoms with Gasteiger partial charge in [0.25, 0.3) is 5.56 Å². The molecule has 2 aromatic rings. The van der Waals surface area contributed by atoms with Crippen molar-refractivity contribution in [3.05, 3.63) is 51.9 Å². The number of carbonyl (C=O) groups is 1. The standard InChI is InChI=1S/C21H28N4O3/c1-4-5-6-9-12-28-19-11-8-7-10-16(19)18(26)14-22-25-21-23-17(15(2)3)13-20(27)24-21/h7-8,10-11,13-15H,4-6,9,12H2,1-3H3,(H2,23,24,25,27)/b22-14-. The number of nitrogens with one attached hydrogen (secondary N) is 2. The summed E-state index contributed by atoms with van der Waals surface area (Å²) in [5.41, 5.74) is 3.43. The van der Waals surface area contributed by atoms with Crippen LogP contribution in [0.5, 0.6) is 5.75 Å². The molecule has 0 bridgehead atoms. The number of H-pyrrole nitrogens is 1. The molecule has 0 atom stereocenters. The van der Waals surface area contributed by atoms with Crippen molar-refractivity contribution in [3.63, 3.8) is 0 Å². The normalized spacial score (nSPS) is 11.1. The van der Waals surface area contributed by atoms with E-state index in [0.717, 1.165) is 19.1 Å². The van der Waals surface area contributed by atoms with E-state index in [2.05, 4.69) is 27.4 Å². The van der Waals surface area contributed by atoms with E-state index in [1.165, 1.54) is 18.9 Å². The Labute approximate surface area is 165 Å². The molecule has 0 aliphatic rings. The van der Waals surface area contributed by atoms with Crippen LogP contribution in [0.2, 0.25) is 0 Å². The highest BCUT2D eigenvalue weighted by atomic mass is 16.5. The van der Waals surface area contributed by atoms with Gasteiger partial charge in [-0.2, -0.15) is 5.10 Å². The van der Waals surface area contributed by atoms with Gasteiger partial charge in [-0.05, 0) is 24.5 Å². The Morgan fingerprint density at radius 3 is 2.82 bits per heavy atom. The van der Waals surface area contributed by atoms with Crippen molar-refractivity contribution in [2.24, 2.45) is 5.10 Å². The number of aromatic amines is 1. The number of para-hydroxylation sites is 1. The maximum atomic E-state index is 12.5. The first-order valence-electron chi connectivity index (χ1n) is 9.67. The average molecular weight is 384 g/mol. The number of carbonyl (C=O) groups excluding carboxylic acids is 1. The highest BCUT2D eigenvalue weighted by Gasteiger charge is 2.10. The van der Waals surface area contributed by atoms with E-state index >= 15 is 0 Å². The van der Waals surface area contributed by atoms with Gasteiger partial charge in [0.1, 0.15) is 5.75 Å². The molecule has 0 radical (unpaired) electrons. The van der Waals surface area contributed by atoms with Gasteiger partial charge in [0, 0.05) is 6.07 Å². The lowest BCUT2D eigenvalue weighted by Gasteiger charge is -2.09. The first-order valence-corrected chi connectivity index (χ1v) is 9.67. The van der Waals surface area contributed by atoms with Gasteiger partial charge in [-0.1, -0.05) is 52.2 Å². The number of benzene rings is 1. The van der Waals surface area contributed by atoms with E-state index < -0.39 is 0 Å². The van der Waals surface area contributed by atoms with Crippen LogP contribution in [0.3, 0.4) is 0 Å². The second-order valence-corrected chi connectivity index (χ2v) is 6.81. The maximum Gasteiger partial charge on any atom is 0.252 e. The van der Waals surface area contributed by atoms with Gasteiger partial charge in [0.05, 0.1) is 24.1 Å². The quantitative estimate of drug-likeness (QED) is 0.263. The summed E-state index contributed by atoms with van der Waals surface area (Å²) in [7, 11) is 0. The van der Waals surface area contributed by atoms with Crippen molar-refractivity contribution in [3.8, 4) is 5.75 Å². The van der Waals surface area contributed by atoms with Crippen LogP contribution in [0.4, 0.5) is 5.95 Å². The fraction of sp³-hybridized carbons (Fsp3) is 0.429. The molecule has 0 saturated carbocycles. The molecule has 7 nitrogen and oxygen atoms in total. The summed E-state index contributed by atoms with van der Waals surface area (Å²) in [6.45, 7) is 6.62. The second kappa shape index (κ2) is 11.0. The minimum absolute atomic E-state index is 0.106. The number of hydrazone groups is 1. The van der Waals surface area contributed by atoms with Crippen LogP contribution in [0.25, 0.3) is 0 Å².